The van der Waals surface area contributed by atoms with Crippen LogP contribution in [0.4, 0.5) is 0 Å². The van der Waals surface area contributed by atoms with E-state index < -0.39 is 0 Å². The summed E-state index contributed by atoms with van der Waals surface area (Å²) >= 11 is 0. The van der Waals surface area contributed by atoms with Crippen molar-refractivity contribution in [3.05, 3.63) is 206 Å². The van der Waals surface area contributed by atoms with Crippen molar-refractivity contribution in [1.82, 2.24) is 9.13 Å². The Hall–Kier alpha value is -7.88. The molecule has 3 nitrogen and oxygen atoms in total. The molecule has 0 fully saturated rings. The third-order valence-electron chi connectivity index (χ3n) is 12.5. The minimum Gasteiger partial charge on any atom is -0.456 e. The molecule has 0 N–H and O–H groups in total. The van der Waals surface area contributed by atoms with Gasteiger partial charge in [0.1, 0.15) is 11.2 Å². The van der Waals surface area contributed by atoms with Crippen molar-refractivity contribution < 1.29 is 4.42 Å². The summed E-state index contributed by atoms with van der Waals surface area (Å²) in [6.07, 6.45) is 0. The van der Waals surface area contributed by atoms with Gasteiger partial charge in [0.25, 0.3) is 0 Å². The van der Waals surface area contributed by atoms with Crippen LogP contribution >= 0.6 is 0 Å². The molecule has 10 aromatic carbocycles. The number of furan rings is 1. The number of aromatic nitrogens is 2. The summed E-state index contributed by atoms with van der Waals surface area (Å²) in [5.41, 5.74) is 13.7. The summed E-state index contributed by atoms with van der Waals surface area (Å²) in [6.45, 7) is 0. The van der Waals surface area contributed by atoms with Crippen LogP contribution < -0.4 is 0 Å². The first-order valence-corrected chi connectivity index (χ1v) is 20.3. The van der Waals surface area contributed by atoms with Crippen molar-refractivity contribution in [3.8, 4) is 33.6 Å². The van der Waals surface area contributed by atoms with Gasteiger partial charge < -0.3 is 13.6 Å². The zero-order chi connectivity index (χ0) is 38.6. The third-order valence-corrected chi connectivity index (χ3v) is 12.5. The van der Waals surface area contributed by atoms with Crippen LogP contribution in [0.5, 0.6) is 0 Å². The van der Waals surface area contributed by atoms with Gasteiger partial charge >= 0.3 is 0 Å². The first kappa shape index (κ1) is 32.2. The number of para-hydroxylation sites is 3. The van der Waals surface area contributed by atoms with Gasteiger partial charge in [-0.2, -0.15) is 0 Å². The van der Waals surface area contributed by atoms with Gasteiger partial charge in [0.05, 0.1) is 22.1 Å². The molecule has 274 valence electrons. The average Bonchev–Trinajstić information content (AvgIpc) is 3.96. The second kappa shape index (κ2) is 12.3. The van der Waals surface area contributed by atoms with Crippen LogP contribution in [0.2, 0.25) is 0 Å². The molecule has 0 spiro atoms. The van der Waals surface area contributed by atoms with Crippen LogP contribution in [-0.2, 0) is 0 Å². The highest BCUT2D eigenvalue weighted by Crippen LogP contribution is 2.43. The maximum Gasteiger partial charge on any atom is 0.135 e. The third kappa shape index (κ3) is 4.70. The fourth-order valence-corrected chi connectivity index (χ4v) is 9.92. The molecule has 13 aromatic rings. The lowest BCUT2D eigenvalue weighted by Gasteiger charge is -2.14. The van der Waals surface area contributed by atoms with Gasteiger partial charge in [0.2, 0.25) is 0 Å². The van der Waals surface area contributed by atoms with Gasteiger partial charge in [-0.05, 0) is 117 Å². The number of hydrogen-bond acceptors (Lipinski definition) is 1. The highest BCUT2D eigenvalue weighted by atomic mass is 16.3. The molecule has 59 heavy (non-hydrogen) atoms. The monoisotopic (exact) mass is 750 g/mol. The molecular formula is C56H34N2O. The minimum absolute atomic E-state index is 0.902. The second-order valence-corrected chi connectivity index (χ2v) is 15.7. The summed E-state index contributed by atoms with van der Waals surface area (Å²) in [5.74, 6) is 0. The van der Waals surface area contributed by atoms with Gasteiger partial charge in [-0.3, -0.25) is 0 Å². The van der Waals surface area contributed by atoms with Crippen LogP contribution in [0.1, 0.15) is 0 Å². The van der Waals surface area contributed by atoms with Crippen molar-refractivity contribution in [3.63, 3.8) is 0 Å². The maximum atomic E-state index is 6.20. The van der Waals surface area contributed by atoms with Gasteiger partial charge in [0, 0.05) is 43.7 Å². The Morgan fingerprint density at radius 1 is 0.288 bits per heavy atom. The molecule has 3 heteroatoms. The number of fused-ring (bicyclic) bond motifs is 12. The molecule has 13 rings (SSSR count). The molecule has 3 aromatic heterocycles. The fraction of sp³-hybridized carbons (Fsp3) is 0. The Kier molecular flexibility index (Phi) is 6.72. The average molecular weight is 751 g/mol. The van der Waals surface area contributed by atoms with E-state index in [1.807, 2.05) is 12.1 Å². The van der Waals surface area contributed by atoms with E-state index >= 15 is 0 Å². The summed E-state index contributed by atoms with van der Waals surface area (Å²) in [6, 6.07) is 75.2. The Bertz CT molecular complexity index is 3860. The highest BCUT2D eigenvalue weighted by Gasteiger charge is 2.20. The number of nitrogens with zero attached hydrogens (tertiary/aromatic N) is 2. The van der Waals surface area contributed by atoms with E-state index in [0.29, 0.717) is 0 Å². The topological polar surface area (TPSA) is 23.0 Å². The molecule has 0 bridgehead atoms. The van der Waals surface area contributed by atoms with E-state index in [1.165, 1.54) is 87.4 Å². The molecule has 0 atom stereocenters. The highest BCUT2D eigenvalue weighted by molar-refractivity contribution is 6.18. The molecule has 0 aliphatic carbocycles. The molecule has 0 radical (unpaired) electrons. The van der Waals surface area contributed by atoms with E-state index in [0.717, 1.165) is 33.3 Å². The zero-order valence-corrected chi connectivity index (χ0v) is 31.9. The Balaban J connectivity index is 1.00. The number of hydrogen-bond donors (Lipinski definition) is 0. The Labute approximate surface area is 339 Å². The van der Waals surface area contributed by atoms with E-state index in [-0.39, 0.29) is 0 Å². The maximum absolute atomic E-state index is 6.20. The van der Waals surface area contributed by atoms with Crippen molar-refractivity contribution >= 4 is 87.1 Å². The largest absolute Gasteiger partial charge is 0.456 e. The fourth-order valence-electron chi connectivity index (χ4n) is 9.92. The summed E-state index contributed by atoms with van der Waals surface area (Å²) in [7, 11) is 0. The molecular weight excluding hydrogens is 717 g/mol. The number of benzene rings is 10. The lowest BCUT2D eigenvalue weighted by Crippen LogP contribution is -1.95. The number of rotatable bonds is 4. The molecule has 3 heterocycles. The van der Waals surface area contributed by atoms with Crippen LogP contribution in [0.3, 0.4) is 0 Å². The van der Waals surface area contributed by atoms with E-state index in [4.69, 9.17) is 4.42 Å². The zero-order valence-electron chi connectivity index (χ0n) is 31.9. The first-order chi connectivity index (χ1) is 29.3. The van der Waals surface area contributed by atoms with Crippen molar-refractivity contribution in [2.75, 3.05) is 0 Å². The molecule has 0 amide bonds. The molecule has 0 saturated carbocycles. The molecule has 0 saturated heterocycles. The molecule has 0 unspecified atom stereocenters. The van der Waals surface area contributed by atoms with Crippen LogP contribution in [0.15, 0.2) is 211 Å². The van der Waals surface area contributed by atoms with Gasteiger partial charge in [-0.1, -0.05) is 133 Å². The van der Waals surface area contributed by atoms with E-state index in [2.05, 4.69) is 203 Å². The Morgan fingerprint density at radius 2 is 0.898 bits per heavy atom. The van der Waals surface area contributed by atoms with Gasteiger partial charge in [-0.15, -0.1) is 0 Å². The minimum atomic E-state index is 0.902. The standard InChI is InChI=1S/C56H34N2O/c1-2-16-40-36(13-1)32-47(43-18-4-3-17-42(40)43)35-14-11-15-38(31-35)58-51-24-9-6-21-46(51)56-41(22-12-25-53(56)58)37-27-29-52-48(33-37)44-19-5-8-23-50(44)57(52)39-28-30-55-49(34-39)45-20-7-10-26-54(45)59-55/h1-34H. The Morgan fingerprint density at radius 3 is 1.78 bits per heavy atom. The van der Waals surface area contributed by atoms with Gasteiger partial charge in [-0.25, -0.2) is 0 Å². The quantitative estimate of drug-likeness (QED) is 0.164. The first-order valence-electron chi connectivity index (χ1n) is 20.3. The van der Waals surface area contributed by atoms with Crippen LogP contribution in [0.25, 0.3) is 121 Å². The summed E-state index contributed by atoms with van der Waals surface area (Å²) in [5, 5.41) is 12.3. The molecule has 0 aliphatic heterocycles. The molecule has 0 aliphatic rings. The SMILES string of the molecule is c1cc(-c2cc3ccccc3c3ccccc23)cc(-n2c3ccccc3c3c(-c4ccc5c(c4)c4ccccc4n5-c4ccc5oc6ccccc6c5c4)cccc32)c1. The predicted octanol–water partition coefficient (Wildman–Crippen LogP) is 15.4. The van der Waals surface area contributed by atoms with E-state index in [9.17, 15) is 0 Å². The van der Waals surface area contributed by atoms with Crippen molar-refractivity contribution in [1.29, 1.82) is 0 Å². The van der Waals surface area contributed by atoms with Crippen LogP contribution in [-0.4, -0.2) is 9.13 Å². The van der Waals surface area contributed by atoms with Crippen molar-refractivity contribution in [2.24, 2.45) is 0 Å². The lowest BCUT2D eigenvalue weighted by molar-refractivity contribution is 0.669. The lowest BCUT2D eigenvalue weighted by atomic mass is 9.93. The van der Waals surface area contributed by atoms with Gasteiger partial charge in [0.15, 0.2) is 0 Å². The summed E-state index contributed by atoms with van der Waals surface area (Å²) < 4.78 is 11.0. The van der Waals surface area contributed by atoms with Crippen molar-refractivity contribution in [2.45, 2.75) is 0 Å². The predicted molar refractivity (Wildman–Crippen MR) is 248 cm³/mol. The van der Waals surface area contributed by atoms with Crippen LogP contribution in [0, 0.1) is 0 Å². The summed E-state index contributed by atoms with van der Waals surface area (Å²) in [4.78, 5) is 0. The second-order valence-electron chi connectivity index (χ2n) is 15.7. The normalized spacial score (nSPS) is 12.1. The van der Waals surface area contributed by atoms with E-state index in [1.54, 1.807) is 0 Å². The smallest absolute Gasteiger partial charge is 0.135 e.